The van der Waals surface area contributed by atoms with Gasteiger partial charge in [0.15, 0.2) is 0 Å². The molecule has 2 heteroatoms. The summed E-state index contributed by atoms with van der Waals surface area (Å²) in [7, 11) is 0. The summed E-state index contributed by atoms with van der Waals surface area (Å²) in [5, 5.41) is 1.37. The summed E-state index contributed by atoms with van der Waals surface area (Å²) >= 11 is 1.94. The molecule has 0 radical (unpaired) electrons. The average molecular weight is 896 g/mol. The van der Waals surface area contributed by atoms with Crippen molar-refractivity contribution in [1.29, 1.82) is 0 Å². The van der Waals surface area contributed by atoms with E-state index in [0.29, 0.717) is 5.92 Å². The van der Waals surface area contributed by atoms with Crippen LogP contribution in [0.4, 0.5) is 17.1 Å². The zero-order valence-corrected chi connectivity index (χ0v) is 38.7. The van der Waals surface area contributed by atoms with Crippen molar-refractivity contribution >= 4 is 44.6 Å². The summed E-state index contributed by atoms with van der Waals surface area (Å²) in [6, 6.07) is 90.2. The molecule has 2 unspecified atom stereocenters. The van der Waals surface area contributed by atoms with E-state index in [1.807, 2.05) is 11.3 Å². The monoisotopic (exact) mass is 895 g/mol. The first kappa shape index (κ1) is 39.8. The lowest BCUT2D eigenvalue weighted by Gasteiger charge is -2.30. The van der Waals surface area contributed by atoms with Gasteiger partial charge in [-0.25, -0.2) is 0 Å². The van der Waals surface area contributed by atoms with Gasteiger partial charge in [0.1, 0.15) is 0 Å². The fourth-order valence-electron chi connectivity index (χ4n) is 11.9. The molecule has 1 heterocycles. The molecule has 2 atom stereocenters. The van der Waals surface area contributed by atoms with Crippen molar-refractivity contribution < 1.29 is 0 Å². The smallest absolute Gasteiger partial charge is 0.0725 e. The van der Waals surface area contributed by atoms with Gasteiger partial charge in [0.05, 0.1) is 5.41 Å². The molecule has 3 aliphatic rings. The van der Waals surface area contributed by atoms with Gasteiger partial charge in [-0.2, -0.15) is 0 Å². The third kappa shape index (κ3) is 6.29. The Morgan fingerprint density at radius 1 is 0.377 bits per heavy atom. The minimum atomic E-state index is -0.392. The van der Waals surface area contributed by atoms with E-state index in [0.717, 1.165) is 23.5 Å². The molecule has 3 aliphatic carbocycles. The van der Waals surface area contributed by atoms with Crippen molar-refractivity contribution in [2.45, 2.75) is 17.8 Å². The highest BCUT2D eigenvalue weighted by atomic mass is 32.1. The predicted molar refractivity (Wildman–Crippen MR) is 291 cm³/mol. The van der Waals surface area contributed by atoms with Gasteiger partial charge in [-0.3, -0.25) is 0 Å². The molecule has 0 aliphatic heterocycles. The molecule has 0 bridgehead atoms. The predicted octanol–water partition coefficient (Wildman–Crippen LogP) is 18.1. The Hall–Kier alpha value is -8.30. The number of nitrogens with zero attached hydrogens (tertiary/aromatic N) is 1. The van der Waals surface area contributed by atoms with E-state index in [-0.39, 0.29) is 0 Å². The molecule has 1 aromatic heterocycles. The maximum absolute atomic E-state index is 2.44. The van der Waals surface area contributed by atoms with Crippen LogP contribution in [0, 0.1) is 0 Å². The Morgan fingerprint density at radius 2 is 0.812 bits per heavy atom. The first-order valence-electron chi connectivity index (χ1n) is 24.1. The lowest BCUT2D eigenvalue weighted by Crippen LogP contribution is -2.25. The average Bonchev–Trinajstić information content (AvgIpc) is 4.05. The minimum Gasteiger partial charge on any atom is -0.311 e. The van der Waals surface area contributed by atoms with E-state index in [1.165, 1.54) is 104 Å². The molecule has 0 amide bonds. The van der Waals surface area contributed by atoms with Gasteiger partial charge in [-0.05, 0) is 155 Å². The van der Waals surface area contributed by atoms with Gasteiger partial charge in [0.2, 0.25) is 0 Å². The SMILES string of the molecule is C1=CC(c2ccc(N(c3ccc(-c4ccccc4)cc3)c3ccc(-c4ccc5c(c4)-c4ccccc4C54c5ccccc5-c5cc(-c6ccccc6)ccc54)cc3)cc2)Cc2sc3ccccc3c21. The Bertz CT molecular complexity index is 3790. The first-order chi connectivity index (χ1) is 34.2. The van der Waals surface area contributed by atoms with Crippen LogP contribution in [0.3, 0.4) is 0 Å². The van der Waals surface area contributed by atoms with Crippen LogP contribution in [-0.4, -0.2) is 0 Å². The molecule has 0 N–H and O–H groups in total. The maximum Gasteiger partial charge on any atom is 0.0725 e. The molecular formula is C67H45NS. The molecule has 0 saturated carbocycles. The highest BCUT2D eigenvalue weighted by Gasteiger charge is 2.51. The van der Waals surface area contributed by atoms with Gasteiger partial charge in [0, 0.05) is 32.6 Å². The highest BCUT2D eigenvalue weighted by Crippen LogP contribution is 2.63. The van der Waals surface area contributed by atoms with Gasteiger partial charge in [-0.1, -0.05) is 200 Å². The Kier molecular flexibility index (Phi) is 9.19. The zero-order chi connectivity index (χ0) is 45.5. The summed E-state index contributed by atoms with van der Waals surface area (Å²) in [6.07, 6.45) is 5.78. The van der Waals surface area contributed by atoms with E-state index in [4.69, 9.17) is 0 Å². The second-order valence-corrected chi connectivity index (χ2v) is 19.9. The maximum atomic E-state index is 2.44. The molecule has 1 nitrogen and oxygen atoms in total. The lowest BCUT2D eigenvalue weighted by molar-refractivity contribution is 0.794. The van der Waals surface area contributed by atoms with Crippen molar-refractivity contribution in [3.05, 3.63) is 287 Å². The quantitative estimate of drug-likeness (QED) is 0.154. The van der Waals surface area contributed by atoms with Crippen molar-refractivity contribution in [2.75, 3.05) is 4.90 Å². The highest BCUT2D eigenvalue weighted by molar-refractivity contribution is 7.19. The summed E-state index contributed by atoms with van der Waals surface area (Å²) in [4.78, 5) is 3.87. The van der Waals surface area contributed by atoms with Crippen LogP contribution in [0.25, 0.3) is 71.8 Å². The van der Waals surface area contributed by atoms with Gasteiger partial charge >= 0.3 is 0 Å². The number of allylic oxidation sites excluding steroid dienone is 1. The number of hydrogen-bond acceptors (Lipinski definition) is 2. The number of thiophene rings is 1. The van der Waals surface area contributed by atoms with Crippen LogP contribution in [0.5, 0.6) is 0 Å². The standard InChI is InChI=1S/C67H45NS/c1-3-13-44(14-4-1)46-23-32-52(33-24-46)68(54-36-27-48(28-37-54)51-29-38-58-57-19-9-12-22-65(57)69-66(58)43-51)53-34-25-47(26-35-53)50-31-40-64-60(42-50)56-18-8-11-21-62(56)67(64)61-20-10-7-17-55(61)59-41-49(30-39-63(59)67)45-15-5-2-6-16-45/h1-42,51H,43H2. The van der Waals surface area contributed by atoms with E-state index < -0.39 is 5.41 Å². The van der Waals surface area contributed by atoms with E-state index in [9.17, 15) is 0 Å². The van der Waals surface area contributed by atoms with Crippen molar-refractivity contribution in [3.8, 4) is 55.6 Å². The summed E-state index contributed by atoms with van der Waals surface area (Å²) in [5.41, 5.74) is 23.7. The Morgan fingerprint density at radius 3 is 1.39 bits per heavy atom. The fourth-order valence-corrected chi connectivity index (χ4v) is 13.1. The third-order valence-corrected chi connectivity index (χ3v) is 16.3. The van der Waals surface area contributed by atoms with E-state index in [1.54, 1.807) is 0 Å². The molecule has 10 aromatic carbocycles. The molecule has 14 rings (SSSR count). The van der Waals surface area contributed by atoms with Gasteiger partial charge in [0.25, 0.3) is 0 Å². The van der Waals surface area contributed by atoms with E-state index >= 15 is 0 Å². The molecule has 324 valence electrons. The second kappa shape index (κ2) is 15.9. The van der Waals surface area contributed by atoms with Crippen LogP contribution < -0.4 is 4.90 Å². The normalized spacial score (nSPS) is 15.9. The number of benzene rings is 10. The molecule has 0 saturated heterocycles. The number of anilines is 3. The summed E-state index contributed by atoms with van der Waals surface area (Å²) in [5.74, 6) is 0.345. The van der Waals surface area contributed by atoms with E-state index in [2.05, 4.69) is 260 Å². The molecule has 69 heavy (non-hydrogen) atoms. The number of hydrogen-bond donors (Lipinski definition) is 0. The lowest BCUT2D eigenvalue weighted by atomic mass is 9.70. The number of fused-ring (bicyclic) bond motifs is 13. The van der Waals surface area contributed by atoms with Gasteiger partial charge in [-0.15, -0.1) is 11.3 Å². The van der Waals surface area contributed by atoms with Crippen molar-refractivity contribution in [3.63, 3.8) is 0 Å². The molecular weight excluding hydrogens is 851 g/mol. The topological polar surface area (TPSA) is 3.24 Å². The largest absolute Gasteiger partial charge is 0.311 e. The third-order valence-electron chi connectivity index (χ3n) is 15.1. The van der Waals surface area contributed by atoms with Crippen molar-refractivity contribution in [2.24, 2.45) is 0 Å². The number of rotatable bonds is 7. The van der Waals surface area contributed by atoms with Crippen LogP contribution >= 0.6 is 11.3 Å². The molecule has 0 fully saturated rings. The Balaban J connectivity index is 0.827. The Labute approximate surface area is 407 Å². The summed E-state index contributed by atoms with van der Waals surface area (Å²) in [6.45, 7) is 0. The van der Waals surface area contributed by atoms with Crippen LogP contribution in [-0.2, 0) is 11.8 Å². The zero-order valence-electron chi connectivity index (χ0n) is 37.9. The second-order valence-electron chi connectivity index (χ2n) is 18.7. The van der Waals surface area contributed by atoms with Crippen LogP contribution in [0.1, 0.15) is 44.2 Å². The van der Waals surface area contributed by atoms with Crippen LogP contribution in [0.15, 0.2) is 249 Å². The first-order valence-corrected chi connectivity index (χ1v) is 24.9. The molecule has 11 aromatic rings. The van der Waals surface area contributed by atoms with Crippen molar-refractivity contribution in [1.82, 2.24) is 0 Å². The molecule has 1 spiro atoms. The minimum absolute atomic E-state index is 0.345. The van der Waals surface area contributed by atoms with Crippen LogP contribution in [0.2, 0.25) is 0 Å². The fraction of sp³-hybridized carbons (Fsp3) is 0.0448. The summed E-state index contributed by atoms with van der Waals surface area (Å²) < 4.78 is 1.37. The van der Waals surface area contributed by atoms with Gasteiger partial charge < -0.3 is 4.90 Å².